The number of aliphatic hydroxyl groups excluding tert-OH is 2. The summed E-state index contributed by atoms with van der Waals surface area (Å²) in [6, 6.07) is 0. The molecule has 0 aromatic carbocycles. The fraction of sp³-hybridized carbons (Fsp3) is 0.455. The van der Waals surface area contributed by atoms with Gasteiger partial charge in [0.25, 0.3) is 0 Å². The van der Waals surface area contributed by atoms with E-state index >= 15 is 0 Å². The number of rotatable bonds is 6. The Bertz CT molecular complexity index is 342. The predicted octanol–water partition coefficient (Wildman–Crippen LogP) is -0.140. The molecule has 0 saturated carbocycles. The minimum Gasteiger partial charge on any atom is -0.478 e. The van der Waals surface area contributed by atoms with Gasteiger partial charge in [0.05, 0.1) is 6.61 Å². The lowest BCUT2D eigenvalue weighted by molar-refractivity contribution is -0.142. The van der Waals surface area contributed by atoms with Gasteiger partial charge in [0.2, 0.25) is 0 Å². The highest BCUT2D eigenvalue weighted by molar-refractivity contribution is 5.89. The van der Waals surface area contributed by atoms with Gasteiger partial charge < -0.3 is 20.1 Å². The Morgan fingerprint density at radius 2 is 1.76 bits per heavy atom. The largest absolute Gasteiger partial charge is 0.478 e. The molecule has 0 aliphatic rings. The molecule has 0 aromatic rings. The molecule has 0 fully saturated rings. The van der Waals surface area contributed by atoms with Gasteiger partial charge in [-0.05, 0) is 13.8 Å². The van der Waals surface area contributed by atoms with Crippen LogP contribution in [0.4, 0.5) is 0 Å². The highest BCUT2D eigenvalue weighted by Gasteiger charge is 2.09. The van der Waals surface area contributed by atoms with Gasteiger partial charge in [-0.2, -0.15) is 0 Å². The quantitative estimate of drug-likeness (QED) is 0.341. The highest BCUT2D eigenvalue weighted by atomic mass is 16.5. The number of ether oxygens (including phenoxy) is 1. The SMILES string of the molecule is CC(=CC=C(C)C(=O)OCC(O)CO)C(=O)O. The Labute approximate surface area is 98.8 Å². The zero-order valence-corrected chi connectivity index (χ0v) is 9.71. The average Bonchev–Trinajstić information content (AvgIpc) is 2.31. The van der Waals surface area contributed by atoms with Gasteiger partial charge in [0, 0.05) is 11.1 Å². The molecular weight excluding hydrogens is 228 g/mol. The number of carbonyl (C=O) groups excluding carboxylic acids is 1. The van der Waals surface area contributed by atoms with Crippen LogP contribution in [0, 0.1) is 0 Å². The topological polar surface area (TPSA) is 104 Å². The van der Waals surface area contributed by atoms with Crippen LogP contribution in [0.2, 0.25) is 0 Å². The first kappa shape index (κ1) is 15.3. The summed E-state index contributed by atoms with van der Waals surface area (Å²) in [4.78, 5) is 21.7. The molecule has 0 aliphatic carbocycles. The van der Waals surface area contributed by atoms with Crippen molar-refractivity contribution in [3.8, 4) is 0 Å². The maximum Gasteiger partial charge on any atom is 0.333 e. The molecule has 0 amide bonds. The smallest absolute Gasteiger partial charge is 0.333 e. The van der Waals surface area contributed by atoms with Crippen molar-refractivity contribution < 1.29 is 29.6 Å². The molecule has 1 unspecified atom stereocenters. The predicted molar refractivity (Wildman–Crippen MR) is 59.2 cm³/mol. The number of hydrogen-bond donors (Lipinski definition) is 3. The molecule has 17 heavy (non-hydrogen) atoms. The van der Waals surface area contributed by atoms with E-state index in [1.807, 2.05) is 0 Å². The minimum absolute atomic E-state index is 0.0903. The fourth-order valence-corrected chi connectivity index (χ4v) is 0.728. The van der Waals surface area contributed by atoms with E-state index in [1.54, 1.807) is 0 Å². The molecule has 6 nitrogen and oxygen atoms in total. The molecule has 0 aliphatic heterocycles. The molecule has 0 aromatic heterocycles. The van der Waals surface area contributed by atoms with Crippen LogP contribution < -0.4 is 0 Å². The van der Waals surface area contributed by atoms with Crippen LogP contribution >= 0.6 is 0 Å². The van der Waals surface area contributed by atoms with Crippen molar-refractivity contribution >= 4 is 11.9 Å². The normalized spacial score (nSPS) is 14.4. The first-order valence-corrected chi connectivity index (χ1v) is 4.93. The van der Waals surface area contributed by atoms with E-state index in [1.165, 1.54) is 26.0 Å². The summed E-state index contributed by atoms with van der Waals surface area (Å²) in [6.07, 6.45) is 1.49. The number of esters is 1. The molecule has 0 bridgehead atoms. The Morgan fingerprint density at radius 3 is 2.24 bits per heavy atom. The second-order valence-electron chi connectivity index (χ2n) is 3.44. The number of allylic oxidation sites excluding steroid dienone is 2. The second-order valence-corrected chi connectivity index (χ2v) is 3.44. The number of carboxylic acids is 1. The molecule has 1 atom stereocenters. The van der Waals surface area contributed by atoms with Crippen LogP contribution in [-0.4, -0.2) is 46.6 Å². The zero-order chi connectivity index (χ0) is 13.4. The fourth-order valence-electron chi connectivity index (χ4n) is 0.728. The van der Waals surface area contributed by atoms with Crippen molar-refractivity contribution in [1.29, 1.82) is 0 Å². The van der Waals surface area contributed by atoms with Gasteiger partial charge in [-0.3, -0.25) is 0 Å². The first-order chi connectivity index (χ1) is 7.88. The summed E-state index contributed by atoms with van der Waals surface area (Å²) in [5.41, 5.74) is 0.295. The Kier molecular flexibility index (Phi) is 6.85. The molecule has 0 saturated heterocycles. The number of carboxylic acid groups (broad SMARTS) is 1. The zero-order valence-electron chi connectivity index (χ0n) is 9.71. The summed E-state index contributed by atoms with van der Waals surface area (Å²) in [5, 5.41) is 26.0. The van der Waals surface area contributed by atoms with Crippen molar-refractivity contribution in [2.45, 2.75) is 20.0 Å². The van der Waals surface area contributed by atoms with Crippen molar-refractivity contribution in [3.05, 3.63) is 23.3 Å². The summed E-state index contributed by atoms with van der Waals surface area (Å²) in [7, 11) is 0. The van der Waals surface area contributed by atoms with E-state index in [9.17, 15) is 9.59 Å². The van der Waals surface area contributed by atoms with Crippen LogP contribution in [0.25, 0.3) is 0 Å². The molecule has 6 heteroatoms. The highest BCUT2D eigenvalue weighted by Crippen LogP contribution is 2.01. The minimum atomic E-state index is -1.11. The lowest BCUT2D eigenvalue weighted by Crippen LogP contribution is -2.22. The van der Waals surface area contributed by atoms with Crippen LogP contribution in [0.3, 0.4) is 0 Å². The van der Waals surface area contributed by atoms with Gasteiger partial charge in [0.15, 0.2) is 0 Å². The number of carbonyl (C=O) groups is 2. The summed E-state index contributed by atoms with van der Waals surface area (Å²) >= 11 is 0. The molecule has 0 heterocycles. The van der Waals surface area contributed by atoms with Crippen LogP contribution in [0.1, 0.15) is 13.8 Å². The van der Waals surface area contributed by atoms with Gasteiger partial charge >= 0.3 is 11.9 Å². The number of aliphatic hydroxyl groups is 2. The van der Waals surface area contributed by atoms with Crippen molar-refractivity contribution in [2.24, 2.45) is 0 Å². The van der Waals surface area contributed by atoms with Crippen LogP contribution in [0.15, 0.2) is 23.3 Å². The maximum absolute atomic E-state index is 11.3. The van der Waals surface area contributed by atoms with E-state index in [0.717, 1.165) is 0 Å². The average molecular weight is 244 g/mol. The van der Waals surface area contributed by atoms with Crippen molar-refractivity contribution in [1.82, 2.24) is 0 Å². The van der Waals surface area contributed by atoms with E-state index in [4.69, 9.17) is 15.3 Å². The third kappa shape index (κ3) is 6.49. The molecule has 0 spiro atoms. The van der Waals surface area contributed by atoms with E-state index in [-0.39, 0.29) is 17.8 Å². The molecule has 0 rings (SSSR count). The Hall–Kier alpha value is -1.66. The van der Waals surface area contributed by atoms with Gasteiger partial charge in [-0.15, -0.1) is 0 Å². The summed E-state index contributed by atoms with van der Waals surface area (Å²) in [6.45, 7) is 2.06. The lowest BCUT2D eigenvalue weighted by atomic mass is 10.2. The Morgan fingerprint density at radius 1 is 1.24 bits per heavy atom. The van der Waals surface area contributed by atoms with Crippen molar-refractivity contribution in [2.75, 3.05) is 13.2 Å². The molecule has 3 N–H and O–H groups in total. The first-order valence-electron chi connectivity index (χ1n) is 4.93. The third-order valence-electron chi connectivity index (χ3n) is 1.86. The van der Waals surface area contributed by atoms with E-state index in [0.29, 0.717) is 0 Å². The lowest BCUT2D eigenvalue weighted by Gasteiger charge is -2.08. The van der Waals surface area contributed by atoms with Gasteiger partial charge in [-0.25, -0.2) is 9.59 Å². The maximum atomic E-state index is 11.3. The van der Waals surface area contributed by atoms with Gasteiger partial charge in [0.1, 0.15) is 12.7 Å². The van der Waals surface area contributed by atoms with E-state index in [2.05, 4.69) is 4.74 Å². The second kappa shape index (κ2) is 7.59. The number of aliphatic carboxylic acids is 1. The molecule has 0 radical (unpaired) electrons. The van der Waals surface area contributed by atoms with Gasteiger partial charge in [-0.1, -0.05) is 12.2 Å². The number of hydrogen-bond acceptors (Lipinski definition) is 5. The summed E-state index contributed by atoms with van der Waals surface area (Å²) in [5.74, 6) is -1.75. The molecule has 96 valence electrons. The summed E-state index contributed by atoms with van der Waals surface area (Å²) < 4.78 is 4.66. The Balaban J connectivity index is 4.35. The third-order valence-corrected chi connectivity index (χ3v) is 1.86. The molecular formula is C11H16O6. The van der Waals surface area contributed by atoms with Crippen LogP contribution in [0.5, 0.6) is 0 Å². The van der Waals surface area contributed by atoms with Crippen molar-refractivity contribution in [3.63, 3.8) is 0 Å². The van der Waals surface area contributed by atoms with Crippen LogP contribution in [-0.2, 0) is 14.3 Å². The standard InChI is InChI=1S/C11H16O6/c1-7(10(14)15)3-4-8(2)11(16)17-6-9(13)5-12/h3-4,9,12-13H,5-6H2,1-2H3,(H,14,15). The monoisotopic (exact) mass is 244 g/mol. The van der Waals surface area contributed by atoms with E-state index < -0.39 is 24.6 Å².